The summed E-state index contributed by atoms with van der Waals surface area (Å²) in [6.07, 6.45) is 1.45. The zero-order valence-electron chi connectivity index (χ0n) is 10.0. The minimum absolute atomic E-state index is 0.385. The number of hydrogen-bond acceptors (Lipinski definition) is 2. The molecule has 0 aliphatic heterocycles. The first-order valence-corrected chi connectivity index (χ1v) is 6.35. The van der Waals surface area contributed by atoms with E-state index in [1.54, 1.807) is 7.11 Å². The fourth-order valence-electron chi connectivity index (χ4n) is 1.55. The van der Waals surface area contributed by atoms with Crippen molar-refractivity contribution in [3.8, 4) is 5.75 Å². The highest BCUT2D eigenvalue weighted by Gasteiger charge is 2.10. The van der Waals surface area contributed by atoms with E-state index in [2.05, 4.69) is 29.8 Å². The van der Waals surface area contributed by atoms with Gasteiger partial charge in [-0.05, 0) is 52.4 Å². The van der Waals surface area contributed by atoms with Crippen molar-refractivity contribution in [2.24, 2.45) is 5.92 Å². The van der Waals surface area contributed by atoms with Crippen LogP contribution in [0.1, 0.15) is 38.4 Å². The Morgan fingerprint density at radius 1 is 1.31 bits per heavy atom. The van der Waals surface area contributed by atoms with E-state index in [1.807, 2.05) is 18.2 Å². The molecule has 0 heterocycles. The molecule has 2 nitrogen and oxygen atoms in total. The van der Waals surface area contributed by atoms with Crippen LogP contribution >= 0.6 is 15.9 Å². The van der Waals surface area contributed by atoms with Crippen molar-refractivity contribution < 1.29 is 9.84 Å². The van der Waals surface area contributed by atoms with Crippen molar-refractivity contribution in [3.63, 3.8) is 0 Å². The van der Waals surface area contributed by atoms with Crippen LogP contribution < -0.4 is 4.74 Å². The Morgan fingerprint density at radius 2 is 2.00 bits per heavy atom. The molecule has 0 bridgehead atoms. The molecule has 90 valence electrons. The van der Waals surface area contributed by atoms with Gasteiger partial charge >= 0.3 is 0 Å². The van der Waals surface area contributed by atoms with Crippen molar-refractivity contribution in [1.82, 2.24) is 0 Å². The zero-order valence-corrected chi connectivity index (χ0v) is 11.6. The second kappa shape index (κ2) is 6.26. The molecule has 0 fully saturated rings. The van der Waals surface area contributed by atoms with Crippen molar-refractivity contribution in [2.45, 2.75) is 32.8 Å². The SMILES string of the molecule is COc1ccc(C(O)CCC(C)C)cc1Br. The average Bonchev–Trinajstić information content (AvgIpc) is 2.25. The number of benzene rings is 1. The van der Waals surface area contributed by atoms with E-state index in [4.69, 9.17) is 4.74 Å². The summed E-state index contributed by atoms with van der Waals surface area (Å²) in [7, 11) is 1.63. The smallest absolute Gasteiger partial charge is 0.133 e. The molecule has 0 saturated carbocycles. The van der Waals surface area contributed by atoms with Gasteiger partial charge in [-0.15, -0.1) is 0 Å². The molecule has 1 aromatic carbocycles. The lowest BCUT2D eigenvalue weighted by Gasteiger charge is -2.13. The van der Waals surface area contributed by atoms with Gasteiger partial charge in [0.25, 0.3) is 0 Å². The third kappa shape index (κ3) is 3.80. The number of halogens is 1. The van der Waals surface area contributed by atoms with Crippen LogP contribution in [-0.2, 0) is 0 Å². The van der Waals surface area contributed by atoms with Crippen molar-refractivity contribution >= 4 is 15.9 Å². The Kier molecular flexibility index (Phi) is 5.29. The van der Waals surface area contributed by atoms with Crippen LogP contribution in [0.2, 0.25) is 0 Å². The van der Waals surface area contributed by atoms with Gasteiger partial charge in [-0.1, -0.05) is 19.9 Å². The maximum absolute atomic E-state index is 10.00. The van der Waals surface area contributed by atoms with E-state index in [0.717, 1.165) is 28.6 Å². The molecule has 0 saturated heterocycles. The molecule has 1 atom stereocenters. The molecular formula is C13H19BrO2. The molecule has 0 spiro atoms. The zero-order chi connectivity index (χ0) is 12.1. The van der Waals surface area contributed by atoms with Gasteiger partial charge in [-0.3, -0.25) is 0 Å². The number of aliphatic hydroxyl groups excluding tert-OH is 1. The second-order valence-corrected chi connectivity index (χ2v) is 5.24. The fourth-order valence-corrected chi connectivity index (χ4v) is 2.11. The van der Waals surface area contributed by atoms with Gasteiger partial charge in [0.05, 0.1) is 17.7 Å². The topological polar surface area (TPSA) is 29.5 Å². The standard InChI is InChI=1S/C13H19BrO2/c1-9(2)4-6-12(15)10-5-7-13(16-3)11(14)8-10/h5,7-9,12,15H,4,6H2,1-3H3. The predicted octanol–water partition coefficient (Wildman–Crippen LogP) is 3.93. The minimum atomic E-state index is -0.385. The lowest BCUT2D eigenvalue weighted by molar-refractivity contribution is 0.159. The summed E-state index contributed by atoms with van der Waals surface area (Å²) in [6, 6.07) is 5.70. The highest BCUT2D eigenvalue weighted by atomic mass is 79.9. The monoisotopic (exact) mass is 286 g/mol. The van der Waals surface area contributed by atoms with E-state index in [-0.39, 0.29) is 6.10 Å². The molecule has 0 aliphatic carbocycles. The Bertz CT molecular complexity index is 337. The molecule has 0 aromatic heterocycles. The molecule has 1 rings (SSSR count). The summed E-state index contributed by atoms with van der Waals surface area (Å²) < 4.78 is 6.03. The molecule has 1 aromatic rings. The summed E-state index contributed by atoms with van der Waals surface area (Å²) in [5.74, 6) is 1.41. The van der Waals surface area contributed by atoms with Gasteiger partial charge in [0.1, 0.15) is 5.75 Å². The predicted molar refractivity (Wildman–Crippen MR) is 69.7 cm³/mol. The number of rotatable bonds is 5. The van der Waals surface area contributed by atoms with E-state index < -0.39 is 0 Å². The summed E-state index contributed by atoms with van der Waals surface area (Å²) >= 11 is 3.42. The van der Waals surface area contributed by atoms with Crippen LogP contribution in [0.25, 0.3) is 0 Å². The van der Waals surface area contributed by atoms with Gasteiger partial charge in [-0.2, -0.15) is 0 Å². The van der Waals surface area contributed by atoms with Gasteiger partial charge in [-0.25, -0.2) is 0 Å². The largest absolute Gasteiger partial charge is 0.496 e. The van der Waals surface area contributed by atoms with Gasteiger partial charge < -0.3 is 9.84 Å². The summed E-state index contributed by atoms with van der Waals surface area (Å²) in [5, 5.41) is 10.00. The maximum atomic E-state index is 10.00. The first kappa shape index (κ1) is 13.5. The number of aliphatic hydroxyl groups is 1. The second-order valence-electron chi connectivity index (χ2n) is 4.38. The highest BCUT2D eigenvalue weighted by molar-refractivity contribution is 9.10. The third-order valence-electron chi connectivity index (χ3n) is 2.58. The molecule has 0 radical (unpaired) electrons. The number of methoxy groups -OCH3 is 1. The Morgan fingerprint density at radius 3 is 2.50 bits per heavy atom. The van der Waals surface area contributed by atoms with Crippen LogP contribution in [0.4, 0.5) is 0 Å². The summed E-state index contributed by atoms with van der Waals surface area (Å²) in [6.45, 7) is 4.33. The first-order valence-electron chi connectivity index (χ1n) is 5.56. The Hall–Kier alpha value is -0.540. The maximum Gasteiger partial charge on any atom is 0.133 e. The van der Waals surface area contributed by atoms with E-state index in [0.29, 0.717) is 5.92 Å². The van der Waals surface area contributed by atoms with E-state index in [9.17, 15) is 5.11 Å². The van der Waals surface area contributed by atoms with Crippen molar-refractivity contribution in [1.29, 1.82) is 0 Å². The van der Waals surface area contributed by atoms with Gasteiger partial charge in [0.15, 0.2) is 0 Å². The first-order chi connectivity index (χ1) is 7.54. The van der Waals surface area contributed by atoms with Crippen LogP contribution in [0.5, 0.6) is 5.75 Å². The van der Waals surface area contributed by atoms with E-state index in [1.165, 1.54) is 0 Å². The molecule has 16 heavy (non-hydrogen) atoms. The van der Waals surface area contributed by atoms with Crippen LogP contribution in [0.15, 0.2) is 22.7 Å². The lowest BCUT2D eigenvalue weighted by Crippen LogP contribution is -2.00. The third-order valence-corrected chi connectivity index (χ3v) is 3.20. The van der Waals surface area contributed by atoms with Gasteiger partial charge in [0.2, 0.25) is 0 Å². The average molecular weight is 287 g/mol. The molecule has 0 amide bonds. The van der Waals surface area contributed by atoms with E-state index >= 15 is 0 Å². The summed E-state index contributed by atoms with van der Waals surface area (Å²) in [5.41, 5.74) is 0.938. The van der Waals surface area contributed by atoms with Crippen molar-refractivity contribution in [2.75, 3.05) is 7.11 Å². The normalized spacial score (nSPS) is 12.9. The highest BCUT2D eigenvalue weighted by Crippen LogP contribution is 2.29. The molecular weight excluding hydrogens is 268 g/mol. The Labute approximate surface area is 106 Å². The van der Waals surface area contributed by atoms with Gasteiger partial charge in [0, 0.05) is 0 Å². The van der Waals surface area contributed by atoms with Crippen molar-refractivity contribution in [3.05, 3.63) is 28.2 Å². The van der Waals surface area contributed by atoms with Crippen LogP contribution in [-0.4, -0.2) is 12.2 Å². The van der Waals surface area contributed by atoms with Crippen LogP contribution in [0.3, 0.4) is 0 Å². The molecule has 3 heteroatoms. The number of ether oxygens (including phenoxy) is 1. The number of hydrogen-bond donors (Lipinski definition) is 1. The Balaban J connectivity index is 2.69. The molecule has 1 N–H and O–H groups in total. The quantitative estimate of drug-likeness (QED) is 0.889. The summed E-state index contributed by atoms with van der Waals surface area (Å²) in [4.78, 5) is 0. The molecule has 1 unspecified atom stereocenters. The molecule has 0 aliphatic rings. The van der Waals surface area contributed by atoms with Crippen LogP contribution in [0, 0.1) is 5.92 Å². The fraction of sp³-hybridized carbons (Fsp3) is 0.538. The minimum Gasteiger partial charge on any atom is -0.496 e. The lowest BCUT2D eigenvalue weighted by atomic mass is 10.00.